The van der Waals surface area contributed by atoms with Crippen LogP contribution in [-0.2, 0) is 14.8 Å². The Morgan fingerprint density at radius 2 is 1.81 bits per heavy atom. The highest BCUT2D eigenvalue weighted by Gasteiger charge is 2.20. The second-order valence-corrected chi connectivity index (χ2v) is 8.40. The van der Waals surface area contributed by atoms with Crippen molar-refractivity contribution in [2.45, 2.75) is 12.8 Å². The van der Waals surface area contributed by atoms with Crippen LogP contribution in [0, 0.1) is 0 Å². The molecule has 0 bridgehead atoms. The summed E-state index contributed by atoms with van der Waals surface area (Å²) in [5.41, 5.74) is 1.14. The number of benzene rings is 2. The molecule has 8 heteroatoms. The minimum Gasteiger partial charge on any atom is -0.495 e. The highest BCUT2D eigenvalue weighted by Crippen LogP contribution is 2.29. The number of carbonyl (C=O) groups is 1. The molecule has 0 radical (unpaired) electrons. The maximum atomic E-state index is 12.2. The van der Waals surface area contributed by atoms with Crippen molar-refractivity contribution in [2.75, 3.05) is 29.5 Å². The zero-order chi connectivity index (χ0) is 19.2. The van der Waals surface area contributed by atoms with Gasteiger partial charge in [-0.05, 0) is 46.6 Å². The second kappa shape index (κ2) is 9.05. The van der Waals surface area contributed by atoms with Crippen LogP contribution in [0.4, 0.5) is 11.4 Å². The fraction of sp³-hybridized carbons (Fsp3) is 0.278. The number of rotatable bonds is 8. The number of amides is 1. The van der Waals surface area contributed by atoms with Crippen LogP contribution in [0.3, 0.4) is 0 Å². The molecule has 140 valence electrons. The molecule has 0 spiro atoms. The van der Waals surface area contributed by atoms with Crippen LogP contribution in [0.1, 0.15) is 12.8 Å². The molecule has 0 unspecified atom stereocenters. The Labute approximate surface area is 162 Å². The summed E-state index contributed by atoms with van der Waals surface area (Å²) in [6, 6.07) is 14.2. The number of sulfonamides is 1. The van der Waals surface area contributed by atoms with Gasteiger partial charge in [0.05, 0.1) is 24.7 Å². The summed E-state index contributed by atoms with van der Waals surface area (Å²) in [6.45, 7) is 0.183. The van der Waals surface area contributed by atoms with Gasteiger partial charge in [-0.1, -0.05) is 24.3 Å². The Balaban J connectivity index is 2.02. The van der Waals surface area contributed by atoms with Gasteiger partial charge in [0.15, 0.2) is 0 Å². The molecule has 1 N–H and O–H groups in total. The van der Waals surface area contributed by atoms with Gasteiger partial charge in [-0.25, -0.2) is 8.42 Å². The molecular weight excluding hydrogens is 420 g/mol. The first-order chi connectivity index (χ1) is 12.3. The number of hydrogen-bond acceptors (Lipinski definition) is 4. The molecule has 1 amide bonds. The molecule has 2 aromatic rings. The number of ether oxygens (including phenoxy) is 1. The molecule has 0 heterocycles. The van der Waals surface area contributed by atoms with E-state index in [2.05, 4.69) is 21.2 Å². The zero-order valence-electron chi connectivity index (χ0n) is 14.6. The molecule has 2 aromatic carbocycles. The van der Waals surface area contributed by atoms with E-state index in [9.17, 15) is 13.2 Å². The van der Waals surface area contributed by atoms with Crippen molar-refractivity contribution >= 4 is 43.2 Å². The lowest BCUT2D eigenvalue weighted by atomic mass is 10.2. The fourth-order valence-electron chi connectivity index (χ4n) is 2.46. The summed E-state index contributed by atoms with van der Waals surface area (Å²) in [5, 5.41) is 2.81. The van der Waals surface area contributed by atoms with E-state index in [0.29, 0.717) is 23.5 Å². The second-order valence-electron chi connectivity index (χ2n) is 5.64. The van der Waals surface area contributed by atoms with Gasteiger partial charge in [0, 0.05) is 17.4 Å². The molecule has 0 fully saturated rings. The molecule has 0 aromatic heterocycles. The number of anilines is 2. The first kappa shape index (κ1) is 20.3. The summed E-state index contributed by atoms with van der Waals surface area (Å²) in [7, 11) is -2.01. The van der Waals surface area contributed by atoms with E-state index in [0.717, 1.165) is 10.7 Å². The van der Waals surface area contributed by atoms with Crippen molar-refractivity contribution in [3.8, 4) is 5.75 Å². The number of methoxy groups -OCH3 is 1. The summed E-state index contributed by atoms with van der Waals surface area (Å²) < 4.78 is 31.7. The monoisotopic (exact) mass is 440 g/mol. The largest absolute Gasteiger partial charge is 0.495 e. The lowest BCUT2D eigenvalue weighted by molar-refractivity contribution is -0.116. The van der Waals surface area contributed by atoms with E-state index < -0.39 is 10.0 Å². The van der Waals surface area contributed by atoms with Gasteiger partial charge in [0.2, 0.25) is 15.9 Å². The zero-order valence-corrected chi connectivity index (χ0v) is 17.0. The van der Waals surface area contributed by atoms with Crippen LogP contribution < -0.4 is 14.4 Å². The molecule has 0 aliphatic rings. The van der Waals surface area contributed by atoms with Crippen molar-refractivity contribution in [1.29, 1.82) is 0 Å². The maximum Gasteiger partial charge on any atom is 0.232 e. The lowest BCUT2D eigenvalue weighted by Crippen LogP contribution is -2.31. The number of halogens is 1. The van der Waals surface area contributed by atoms with Gasteiger partial charge in [0.1, 0.15) is 5.75 Å². The summed E-state index contributed by atoms with van der Waals surface area (Å²) >= 11 is 3.37. The third-order valence-electron chi connectivity index (χ3n) is 3.67. The van der Waals surface area contributed by atoms with E-state index in [1.807, 2.05) is 18.2 Å². The summed E-state index contributed by atoms with van der Waals surface area (Å²) in [5.74, 6) is 0.293. The molecular formula is C18H21BrN2O4S. The highest BCUT2D eigenvalue weighted by atomic mass is 79.9. The minimum absolute atomic E-state index is 0.176. The molecule has 0 atom stereocenters. The van der Waals surface area contributed by atoms with Crippen LogP contribution in [0.2, 0.25) is 0 Å². The molecule has 6 nitrogen and oxygen atoms in total. The Morgan fingerprint density at radius 1 is 1.15 bits per heavy atom. The van der Waals surface area contributed by atoms with Gasteiger partial charge in [-0.15, -0.1) is 0 Å². The van der Waals surface area contributed by atoms with Crippen molar-refractivity contribution in [1.82, 2.24) is 0 Å². The van der Waals surface area contributed by atoms with Crippen molar-refractivity contribution in [3.05, 3.63) is 53.0 Å². The summed E-state index contributed by atoms with van der Waals surface area (Å²) in [6.07, 6.45) is 1.71. The number of nitrogens with one attached hydrogen (secondary N) is 1. The van der Waals surface area contributed by atoms with E-state index in [4.69, 9.17) is 4.74 Å². The SMILES string of the molecule is COc1ccccc1N(CCCC(=O)Nc1ccccc1Br)S(C)(=O)=O. The average Bonchev–Trinajstić information content (AvgIpc) is 2.60. The number of carbonyl (C=O) groups excluding carboxylic acids is 1. The molecule has 2 rings (SSSR count). The lowest BCUT2D eigenvalue weighted by Gasteiger charge is -2.24. The smallest absolute Gasteiger partial charge is 0.232 e. The Kier molecular flexibility index (Phi) is 7.05. The van der Waals surface area contributed by atoms with Crippen LogP contribution in [0.25, 0.3) is 0 Å². The van der Waals surface area contributed by atoms with Gasteiger partial charge in [-0.3, -0.25) is 9.10 Å². The quantitative estimate of drug-likeness (QED) is 0.679. The predicted molar refractivity (Wildman–Crippen MR) is 107 cm³/mol. The Bertz CT molecular complexity index is 871. The Morgan fingerprint density at radius 3 is 2.46 bits per heavy atom. The van der Waals surface area contributed by atoms with E-state index in [1.165, 1.54) is 11.4 Å². The van der Waals surface area contributed by atoms with Crippen LogP contribution >= 0.6 is 15.9 Å². The van der Waals surface area contributed by atoms with Gasteiger partial charge < -0.3 is 10.1 Å². The maximum absolute atomic E-state index is 12.2. The molecule has 0 saturated carbocycles. The average molecular weight is 441 g/mol. The van der Waals surface area contributed by atoms with Crippen LogP contribution in [-0.4, -0.2) is 34.2 Å². The first-order valence-electron chi connectivity index (χ1n) is 7.98. The van der Waals surface area contributed by atoms with Crippen molar-refractivity contribution < 1.29 is 17.9 Å². The van der Waals surface area contributed by atoms with E-state index in [1.54, 1.807) is 30.3 Å². The summed E-state index contributed by atoms with van der Waals surface area (Å²) in [4.78, 5) is 12.1. The first-order valence-corrected chi connectivity index (χ1v) is 10.6. The van der Waals surface area contributed by atoms with Crippen LogP contribution in [0.15, 0.2) is 53.0 Å². The van der Waals surface area contributed by atoms with Gasteiger partial charge in [0.25, 0.3) is 0 Å². The van der Waals surface area contributed by atoms with Gasteiger partial charge in [-0.2, -0.15) is 0 Å². The molecule has 0 aliphatic carbocycles. The molecule has 0 saturated heterocycles. The predicted octanol–water partition coefficient (Wildman–Crippen LogP) is 3.64. The third kappa shape index (κ3) is 5.47. The molecule has 26 heavy (non-hydrogen) atoms. The fourth-order valence-corrected chi connectivity index (χ4v) is 3.81. The van der Waals surface area contributed by atoms with Crippen molar-refractivity contribution in [3.63, 3.8) is 0 Å². The van der Waals surface area contributed by atoms with Crippen LogP contribution in [0.5, 0.6) is 5.75 Å². The van der Waals surface area contributed by atoms with E-state index in [-0.39, 0.29) is 18.9 Å². The number of nitrogens with zero attached hydrogens (tertiary/aromatic N) is 1. The third-order valence-corrected chi connectivity index (χ3v) is 5.54. The highest BCUT2D eigenvalue weighted by molar-refractivity contribution is 9.10. The number of para-hydroxylation sites is 3. The standard InChI is InChI=1S/C18H21BrN2O4S/c1-25-17-11-6-5-10-16(17)21(26(2,23)24)13-7-12-18(22)20-15-9-4-3-8-14(15)19/h3-6,8-11H,7,12-13H2,1-2H3,(H,20,22). The van der Waals surface area contributed by atoms with Gasteiger partial charge >= 0.3 is 0 Å². The number of hydrogen-bond donors (Lipinski definition) is 1. The van der Waals surface area contributed by atoms with Crippen molar-refractivity contribution in [2.24, 2.45) is 0 Å². The Hall–Kier alpha value is -2.06. The minimum atomic E-state index is -3.50. The topological polar surface area (TPSA) is 75.7 Å². The molecule has 0 aliphatic heterocycles. The normalized spacial score (nSPS) is 11.0. The van der Waals surface area contributed by atoms with E-state index >= 15 is 0 Å².